The van der Waals surface area contributed by atoms with E-state index in [4.69, 9.17) is 21.1 Å². The van der Waals surface area contributed by atoms with Gasteiger partial charge in [-0.1, -0.05) is 11.6 Å². The summed E-state index contributed by atoms with van der Waals surface area (Å²) < 4.78 is 10.9. The molecule has 0 aliphatic heterocycles. The van der Waals surface area contributed by atoms with Crippen molar-refractivity contribution >= 4 is 11.6 Å². The molecular formula is C15H16ClNO3. The molecule has 0 amide bonds. The Morgan fingerprint density at radius 1 is 1.35 bits per heavy atom. The molecule has 0 radical (unpaired) electrons. The van der Waals surface area contributed by atoms with E-state index in [1.807, 2.05) is 12.1 Å². The Hall–Kier alpha value is -1.78. The van der Waals surface area contributed by atoms with Gasteiger partial charge in [-0.3, -0.25) is 0 Å². The Kier molecular flexibility index (Phi) is 4.82. The van der Waals surface area contributed by atoms with Gasteiger partial charge in [-0.25, -0.2) is 4.98 Å². The van der Waals surface area contributed by atoms with Gasteiger partial charge in [0.15, 0.2) is 0 Å². The molecular weight excluding hydrogens is 278 g/mol. The SMILES string of the molecule is COc1ncccc1COc1ccc(Cl)cc1C(C)O. The van der Waals surface area contributed by atoms with E-state index in [9.17, 15) is 5.11 Å². The van der Waals surface area contributed by atoms with Crippen molar-refractivity contribution in [3.8, 4) is 11.6 Å². The second kappa shape index (κ2) is 6.59. The van der Waals surface area contributed by atoms with Gasteiger partial charge in [0.25, 0.3) is 0 Å². The third-order valence-corrected chi connectivity index (χ3v) is 3.08. The minimum atomic E-state index is -0.653. The number of halogens is 1. The molecule has 1 atom stereocenters. The van der Waals surface area contributed by atoms with Gasteiger partial charge >= 0.3 is 0 Å². The van der Waals surface area contributed by atoms with Gasteiger partial charge in [-0.2, -0.15) is 0 Å². The van der Waals surface area contributed by atoms with Crippen LogP contribution in [0.2, 0.25) is 5.02 Å². The van der Waals surface area contributed by atoms with Crippen molar-refractivity contribution in [2.45, 2.75) is 19.6 Å². The topological polar surface area (TPSA) is 51.6 Å². The van der Waals surface area contributed by atoms with Crippen LogP contribution in [-0.2, 0) is 6.61 Å². The van der Waals surface area contributed by atoms with Crippen LogP contribution < -0.4 is 9.47 Å². The number of aromatic nitrogens is 1. The van der Waals surface area contributed by atoms with E-state index in [0.29, 0.717) is 28.8 Å². The molecule has 0 saturated heterocycles. The lowest BCUT2D eigenvalue weighted by Crippen LogP contribution is -2.03. The molecule has 5 heteroatoms. The molecule has 1 N–H and O–H groups in total. The van der Waals surface area contributed by atoms with E-state index in [1.165, 1.54) is 0 Å². The first-order chi connectivity index (χ1) is 9.61. The number of aliphatic hydroxyl groups excluding tert-OH is 1. The lowest BCUT2D eigenvalue weighted by atomic mass is 10.1. The van der Waals surface area contributed by atoms with Gasteiger partial charge in [0, 0.05) is 16.8 Å². The number of aliphatic hydroxyl groups is 1. The maximum Gasteiger partial charge on any atom is 0.219 e. The van der Waals surface area contributed by atoms with Crippen molar-refractivity contribution in [1.29, 1.82) is 0 Å². The number of methoxy groups -OCH3 is 1. The van der Waals surface area contributed by atoms with E-state index in [-0.39, 0.29) is 0 Å². The lowest BCUT2D eigenvalue weighted by molar-refractivity contribution is 0.190. The van der Waals surface area contributed by atoms with Gasteiger partial charge in [0.2, 0.25) is 5.88 Å². The Morgan fingerprint density at radius 2 is 2.15 bits per heavy atom. The highest BCUT2D eigenvalue weighted by Crippen LogP contribution is 2.29. The number of benzene rings is 1. The monoisotopic (exact) mass is 293 g/mol. The van der Waals surface area contributed by atoms with E-state index in [1.54, 1.807) is 38.4 Å². The van der Waals surface area contributed by atoms with Crippen LogP contribution in [0, 0.1) is 0 Å². The van der Waals surface area contributed by atoms with Crippen LogP contribution in [0.4, 0.5) is 0 Å². The Bertz CT molecular complexity index is 587. The molecule has 4 nitrogen and oxygen atoms in total. The van der Waals surface area contributed by atoms with Crippen LogP contribution >= 0.6 is 11.6 Å². The lowest BCUT2D eigenvalue weighted by Gasteiger charge is -2.14. The van der Waals surface area contributed by atoms with Gasteiger partial charge in [-0.05, 0) is 37.3 Å². The summed E-state index contributed by atoms with van der Waals surface area (Å²) in [5.74, 6) is 1.12. The van der Waals surface area contributed by atoms with E-state index in [0.717, 1.165) is 5.56 Å². The number of rotatable bonds is 5. The van der Waals surface area contributed by atoms with Crippen molar-refractivity contribution in [2.75, 3.05) is 7.11 Å². The average Bonchev–Trinajstić information content (AvgIpc) is 2.46. The first kappa shape index (κ1) is 14.6. The molecule has 2 aromatic rings. The fraction of sp³-hybridized carbons (Fsp3) is 0.267. The molecule has 106 valence electrons. The van der Waals surface area contributed by atoms with Gasteiger partial charge in [0.1, 0.15) is 12.4 Å². The molecule has 0 fully saturated rings. The average molecular weight is 294 g/mol. The van der Waals surface area contributed by atoms with Crippen molar-refractivity contribution in [3.63, 3.8) is 0 Å². The fourth-order valence-corrected chi connectivity index (χ4v) is 2.03. The Balaban J connectivity index is 2.19. The number of hydrogen-bond donors (Lipinski definition) is 1. The molecule has 1 heterocycles. The quantitative estimate of drug-likeness (QED) is 0.918. The zero-order chi connectivity index (χ0) is 14.5. The van der Waals surface area contributed by atoms with Crippen molar-refractivity contribution in [1.82, 2.24) is 4.98 Å². The van der Waals surface area contributed by atoms with Gasteiger partial charge in [0.05, 0.1) is 18.8 Å². The maximum atomic E-state index is 9.75. The predicted molar refractivity (Wildman–Crippen MR) is 77.2 cm³/mol. The fourth-order valence-electron chi connectivity index (χ4n) is 1.85. The Morgan fingerprint density at radius 3 is 2.85 bits per heavy atom. The summed E-state index contributed by atoms with van der Waals surface area (Å²) in [5, 5.41) is 10.3. The highest BCUT2D eigenvalue weighted by molar-refractivity contribution is 6.30. The highest BCUT2D eigenvalue weighted by atomic mass is 35.5. The van der Waals surface area contributed by atoms with Crippen LogP contribution in [0.25, 0.3) is 0 Å². The molecule has 2 rings (SSSR count). The van der Waals surface area contributed by atoms with Crippen molar-refractivity contribution in [3.05, 3.63) is 52.7 Å². The summed E-state index contributed by atoms with van der Waals surface area (Å²) in [4.78, 5) is 4.11. The molecule has 1 aromatic carbocycles. The minimum Gasteiger partial charge on any atom is -0.488 e. The smallest absolute Gasteiger partial charge is 0.219 e. The van der Waals surface area contributed by atoms with Crippen LogP contribution in [0.3, 0.4) is 0 Å². The van der Waals surface area contributed by atoms with E-state index >= 15 is 0 Å². The molecule has 0 spiro atoms. The summed E-state index contributed by atoms with van der Waals surface area (Å²) in [7, 11) is 1.56. The van der Waals surface area contributed by atoms with Gasteiger partial charge < -0.3 is 14.6 Å². The molecule has 0 bridgehead atoms. The van der Waals surface area contributed by atoms with Crippen molar-refractivity contribution in [2.24, 2.45) is 0 Å². The third kappa shape index (κ3) is 3.40. The van der Waals surface area contributed by atoms with E-state index in [2.05, 4.69) is 4.98 Å². The largest absolute Gasteiger partial charge is 0.488 e. The molecule has 1 aromatic heterocycles. The minimum absolute atomic E-state index is 0.304. The predicted octanol–water partition coefficient (Wildman–Crippen LogP) is 3.38. The van der Waals surface area contributed by atoms with Crippen LogP contribution in [0.15, 0.2) is 36.5 Å². The van der Waals surface area contributed by atoms with Crippen LogP contribution in [0.1, 0.15) is 24.2 Å². The van der Waals surface area contributed by atoms with Crippen LogP contribution in [-0.4, -0.2) is 17.2 Å². The van der Waals surface area contributed by atoms with Crippen molar-refractivity contribution < 1.29 is 14.6 Å². The normalized spacial score (nSPS) is 12.0. The summed E-state index contributed by atoms with van der Waals surface area (Å²) in [6.07, 6.45) is 1.01. The first-order valence-electron chi connectivity index (χ1n) is 6.20. The number of hydrogen-bond acceptors (Lipinski definition) is 4. The summed E-state index contributed by atoms with van der Waals surface area (Å²) in [6, 6.07) is 8.86. The number of pyridine rings is 1. The van der Waals surface area contributed by atoms with Crippen LogP contribution in [0.5, 0.6) is 11.6 Å². The Labute approximate surface area is 122 Å². The van der Waals surface area contributed by atoms with E-state index < -0.39 is 6.10 Å². The highest BCUT2D eigenvalue weighted by Gasteiger charge is 2.11. The molecule has 0 aliphatic rings. The molecule has 1 unspecified atom stereocenters. The van der Waals surface area contributed by atoms with Gasteiger partial charge in [-0.15, -0.1) is 0 Å². The zero-order valence-corrected chi connectivity index (χ0v) is 12.1. The standard InChI is InChI=1S/C15H16ClNO3/c1-10(18)13-8-12(16)5-6-14(13)20-9-11-4-3-7-17-15(11)19-2/h3-8,10,18H,9H2,1-2H3. The molecule has 0 aliphatic carbocycles. The summed E-state index contributed by atoms with van der Waals surface area (Å²) >= 11 is 5.93. The zero-order valence-electron chi connectivity index (χ0n) is 11.3. The maximum absolute atomic E-state index is 9.75. The second-order valence-electron chi connectivity index (χ2n) is 4.32. The third-order valence-electron chi connectivity index (χ3n) is 2.85. The summed E-state index contributed by atoms with van der Waals surface area (Å²) in [6.45, 7) is 1.97. The second-order valence-corrected chi connectivity index (χ2v) is 4.76. The number of ether oxygens (including phenoxy) is 2. The summed E-state index contributed by atoms with van der Waals surface area (Å²) in [5.41, 5.74) is 1.49. The molecule has 0 saturated carbocycles. The molecule has 20 heavy (non-hydrogen) atoms. The number of nitrogens with zero attached hydrogens (tertiary/aromatic N) is 1. The first-order valence-corrected chi connectivity index (χ1v) is 6.58.